The molecule has 0 aliphatic rings. The predicted octanol–water partition coefficient (Wildman–Crippen LogP) is -0.0288. The van der Waals surface area contributed by atoms with Gasteiger partial charge < -0.3 is 15.0 Å². The fourth-order valence-corrected chi connectivity index (χ4v) is 1.32. The van der Waals surface area contributed by atoms with Gasteiger partial charge in [0, 0.05) is 18.3 Å². The molecule has 0 saturated carbocycles. The second kappa shape index (κ2) is 10.5. The molecule has 0 N–H and O–H groups in total. The van der Waals surface area contributed by atoms with Crippen LogP contribution in [-0.2, 0) is 14.4 Å². The van der Waals surface area contributed by atoms with E-state index in [0.717, 1.165) is 6.08 Å². The minimum Gasteiger partial charge on any atom is -0.876 e. The summed E-state index contributed by atoms with van der Waals surface area (Å²) < 4.78 is 0. The van der Waals surface area contributed by atoms with E-state index < -0.39 is 12.4 Å². The molecule has 0 aromatic rings. The van der Waals surface area contributed by atoms with Gasteiger partial charge in [-0.15, -0.1) is 5.76 Å². The van der Waals surface area contributed by atoms with Crippen molar-refractivity contribution in [3.63, 3.8) is 0 Å². The van der Waals surface area contributed by atoms with E-state index in [4.69, 9.17) is 0 Å². The van der Waals surface area contributed by atoms with Crippen LogP contribution in [-0.4, -0.2) is 17.5 Å². The molecule has 18 heavy (non-hydrogen) atoms. The number of carbonyl (C=O) groups excluding carboxylic acids is 3. The van der Waals surface area contributed by atoms with Crippen LogP contribution in [0.1, 0.15) is 47.0 Å². The van der Waals surface area contributed by atoms with Crippen molar-refractivity contribution < 1.29 is 24.6 Å². The highest BCUT2D eigenvalue weighted by Gasteiger charge is 2.13. The van der Waals surface area contributed by atoms with Crippen molar-refractivity contribution in [2.45, 2.75) is 47.0 Å². The topological polar surface area (TPSA) is 97.3 Å². The molecular formula is C13H20O5-2. The molecule has 0 aromatic heterocycles. The Kier molecular flexibility index (Phi) is 10.9. The number of rotatable bonds is 6. The first kappa shape index (κ1) is 18.7. The van der Waals surface area contributed by atoms with Crippen LogP contribution in [0.25, 0.3) is 0 Å². The molecule has 104 valence electrons. The molecule has 0 atom stereocenters. The van der Waals surface area contributed by atoms with Crippen LogP contribution >= 0.6 is 0 Å². The van der Waals surface area contributed by atoms with Crippen LogP contribution in [0.4, 0.5) is 0 Å². The standard InChI is InChI=1S/C8H14O3.C5H8O2/c1-3-6(4-2)7(9)5-8(10)11;1-4(6)3-5(2)7/h6H,3-5H2,1-2H3,(H,10,11);3,6H,1-2H3/p-2/b;4-3-. The predicted molar refractivity (Wildman–Crippen MR) is 63.1 cm³/mol. The molecular weight excluding hydrogens is 236 g/mol. The summed E-state index contributed by atoms with van der Waals surface area (Å²) in [6, 6.07) is 0. The number of hydrogen-bond donors (Lipinski definition) is 0. The fraction of sp³-hybridized carbons (Fsp3) is 0.615. The zero-order valence-electron chi connectivity index (χ0n) is 11.3. The molecule has 5 heteroatoms. The summed E-state index contributed by atoms with van der Waals surface area (Å²) in [7, 11) is 0. The highest BCUT2D eigenvalue weighted by Crippen LogP contribution is 2.10. The van der Waals surface area contributed by atoms with E-state index in [1.807, 2.05) is 13.8 Å². The molecule has 0 fully saturated rings. The molecule has 0 unspecified atom stereocenters. The number of hydrogen-bond acceptors (Lipinski definition) is 5. The van der Waals surface area contributed by atoms with Gasteiger partial charge in [0.2, 0.25) is 0 Å². The zero-order valence-corrected chi connectivity index (χ0v) is 11.3. The Morgan fingerprint density at radius 2 is 1.50 bits per heavy atom. The number of carboxylic acid groups (broad SMARTS) is 1. The van der Waals surface area contributed by atoms with Gasteiger partial charge in [0.1, 0.15) is 5.78 Å². The molecule has 0 radical (unpaired) electrons. The second-order valence-corrected chi connectivity index (χ2v) is 3.89. The number of aliphatic carboxylic acids is 1. The van der Waals surface area contributed by atoms with Gasteiger partial charge in [-0.2, -0.15) is 0 Å². The molecule has 0 rings (SSSR count). The monoisotopic (exact) mass is 256 g/mol. The minimum atomic E-state index is -1.28. The SMILES string of the molecule is CC(=O)/C=C(/C)[O-].CCC(CC)C(=O)CC(=O)[O-]. The van der Waals surface area contributed by atoms with Crippen molar-refractivity contribution in [1.29, 1.82) is 0 Å². The Morgan fingerprint density at radius 3 is 1.67 bits per heavy atom. The van der Waals surface area contributed by atoms with Crippen LogP contribution in [0, 0.1) is 5.92 Å². The summed E-state index contributed by atoms with van der Waals surface area (Å²) >= 11 is 0. The van der Waals surface area contributed by atoms with Crippen molar-refractivity contribution in [2.24, 2.45) is 5.92 Å². The molecule has 0 aliphatic carbocycles. The highest BCUT2D eigenvalue weighted by molar-refractivity contribution is 5.95. The van der Waals surface area contributed by atoms with E-state index in [1.165, 1.54) is 13.8 Å². The number of ketones is 2. The number of carboxylic acids is 1. The van der Waals surface area contributed by atoms with E-state index >= 15 is 0 Å². The van der Waals surface area contributed by atoms with E-state index in [1.54, 1.807) is 0 Å². The number of carbonyl (C=O) groups is 3. The van der Waals surface area contributed by atoms with Gasteiger partial charge >= 0.3 is 0 Å². The molecule has 0 aliphatic heterocycles. The first-order chi connectivity index (χ1) is 8.24. The van der Waals surface area contributed by atoms with Gasteiger partial charge in [-0.3, -0.25) is 9.59 Å². The third-order valence-electron chi connectivity index (χ3n) is 2.17. The number of Topliss-reactive ketones (excluding diaryl/α,β-unsaturated/α-hetero) is 1. The maximum Gasteiger partial charge on any atom is 0.151 e. The van der Waals surface area contributed by atoms with Crippen LogP contribution in [0.2, 0.25) is 0 Å². The summed E-state index contributed by atoms with van der Waals surface area (Å²) in [6.07, 6.45) is 2.04. The zero-order chi connectivity index (χ0) is 14.7. The summed E-state index contributed by atoms with van der Waals surface area (Å²) in [6.45, 7) is 6.45. The Bertz CT molecular complexity index is 309. The Hall–Kier alpha value is -1.65. The summed E-state index contributed by atoms with van der Waals surface area (Å²) in [4.78, 5) is 31.0. The lowest BCUT2D eigenvalue weighted by Gasteiger charge is -2.10. The largest absolute Gasteiger partial charge is 0.876 e. The lowest BCUT2D eigenvalue weighted by Crippen LogP contribution is -2.28. The Labute approximate surface area is 108 Å². The summed E-state index contributed by atoms with van der Waals surface area (Å²) in [5.41, 5.74) is 0. The van der Waals surface area contributed by atoms with Gasteiger partial charge in [0.15, 0.2) is 5.78 Å². The third-order valence-corrected chi connectivity index (χ3v) is 2.17. The van der Waals surface area contributed by atoms with Crippen LogP contribution < -0.4 is 10.2 Å². The van der Waals surface area contributed by atoms with Crippen molar-refractivity contribution in [3.05, 3.63) is 11.8 Å². The van der Waals surface area contributed by atoms with Gasteiger partial charge in [0.05, 0.1) is 0 Å². The average Bonchev–Trinajstić information content (AvgIpc) is 2.16. The molecule has 0 spiro atoms. The quantitative estimate of drug-likeness (QED) is 0.377. The van der Waals surface area contributed by atoms with Crippen LogP contribution in [0.5, 0.6) is 0 Å². The van der Waals surface area contributed by atoms with Gasteiger partial charge in [-0.05, 0) is 25.8 Å². The summed E-state index contributed by atoms with van der Waals surface area (Å²) in [5, 5.41) is 20.0. The van der Waals surface area contributed by atoms with E-state index in [9.17, 15) is 24.6 Å². The third kappa shape index (κ3) is 12.4. The first-order valence-electron chi connectivity index (χ1n) is 5.82. The van der Waals surface area contributed by atoms with Crippen molar-refractivity contribution >= 4 is 17.5 Å². The number of allylic oxidation sites excluding steroid dienone is 2. The van der Waals surface area contributed by atoms with Crippen LogP contribution in [0.15, 0.2) is 11.8 Å². The van der Waals surface area contributed by atoms with Crippen molar-refractivity contribution in [1.82, 2.24) is 0 Å². The van der Waals surface area contributed by atoms with Gasteiger partial charge in [0.25, 0.3) is 0 Å². The van der Waals surface area contributed by atoms with E-state index in [-0.39, 0.29) is 23.2 Å². The van der Waals surface area contributed by atoms with Crippen molar-refractivity contribution in [3.8, 4) is 0 Å². The van der Waals surface area contributed by atoms with Crippen molar-refractivity contribution in [2.75, 3.05) is 0 Å². The normalized spacial score (nSPS) is 10.6. The molecule has 0 aromatic carbocycles. The molecule has 0 saturated heterocycles. The average molecular weight is 256 g/mol. The maximum absolute atomic E-state index is 11.0. The van der Waals surface area contributed by atoms with Gasteiger partial charge in [-0.1, -0.05) is 20.8 Å². The molecule has 5 nitrogen and oxygen atoms in total. The fourth-order valence-electron chi connectivity index (χ4n) is 1.32. The minimum absolute atomic E-state index is 0.104. The highest BCUT2D eigenvalue weighted by atomic mass is 16.4. The molecule has 0 heterocycles. The lowest BCUT2D eigenvalue weighted by atomic mass is 9.96. The molecule has 0 bridgehead atoms. The summed E-state index contributed by atoms with van der Waals surface area (Å²) in [5.74, 6) is -1.97. The Balaban J connectivity index is 0. The van der Waals surface area contributed by atoms with E-state index in [0.29, 0.717) is 12.8 Å². The van der Waals surface area contributed by atoms with Gasteiger partial charge in [-0.25, -0.2) is 0 Å². The van der Waals surface area contributed by atoms with E-state index in [2.05, 4.69) is 0 Å². The second-order valence-electron chi connectivity index (χ2n) is 3.89. The first-order valence-corrected chi connectivity index (χ1v) is 5.82. The van der Waals surface area contributed by atoms with Crippen LogP contribution in [0.3, 0.4) is 0 Å². The lowest BCUT2D eigenvalue weighted by molar-refractivity contribution is -0.305. The maximum atomic E-state index is 11.0. The molecule has 0 amide bonds. The Morgan fingerprint density at radius 1 is 1.06 bits per heavy atom. The smallest absolute Gasteiger partial charge is 0.151 e.